The largest absolute Gasteiger partial charge is 0.389 e. The molecule has 4 aliphatic heterocycles. The van der Waals surface area contributed by atoms with Crippen molar-refractivity contribution >= 4 is 5.91 Å². The molecule has 4 aliphatic rings. The minimum absolute atomic E-state index is 0.107. The zero-order valence-electron chi connectivity index (χ0n) is 14.9. The fourth-order valence-corrected chi connectivity index (χ4v) is 5.40. The highest BCUT2D eigenvalue weighted by Crippen LogP contribution is 2.55. The van der Waals surface area contributed by atoms with Crippen LogP contribution in [0.3, 0.4) is 0 Å². The Bertz CT molecular complexity index is 538. The van der Waals surface area contributed by atoms with Crippen LogP contribution in [0, 0.1) is 11.8 Å². The van der Waals surface area contributed by atoms with Gasteiger partial charge in [0.15, 0.2) is 0 Å². The summed E-state index contributed by atoms with van der Waals surface area (Å²) in [5, 5.41) is 2.73. The van der Waals surface area contributed by atoms with Crippen molar-refractivity contribution in [2.45, 2.75) is 62.4 Å². The Morgan fingerprint density at radius 2 is 2.00 bits per heavy atom. The molecular formula is C18H27F3N2O3. The molecule has 4 atom stereocenters. The van der Waals surface area contributed by atoms with Crippen LogP contribution in [-0.4, -0.2) is 67.6 Å². The molecule has 1 spiro atoms. The zero-order chi connectivity index (χ0) is 18.4. The number of nitrogens with one attached hydrogen (secondary N) is 1. The number of nitrogens with zero attached hydrogens (tertiary/aromatic N) is 1. The van der Waals surface area contributed by atoms with Crippen LogP contribution in [0.4, 0.5) is 13.2 Å². The number of fused-ring (bicyclic) bond motifs is 1. The van der Waals surface area contributed by atoms with Crippen molar-refractivity contribution in [3.63, 3.8) is 0 Å². The number of amides is 1. The number of likely N-dealkylation sites (tertiary alicyclic amines) is 1. The zero-order valence-corrected chi connectivity index (χ0v) is 14.9. The fourth-order valence-electron chi connectivity index (χ4n) is 5.40. The summed E-state index contributed by atoms with van der Waals surface area (Å²) in [6.07, 6.45) is -1.57. The number of ether oxygens (including phenoxy) is 2. The predicted octanol–water partition coefficient (Wildman–Crippen LogP) is 2.10. The van der Waals surface area contributed by atoms with Crippen molar-refractivity contribution < 1.29 is 27.4 Å². The van der Waals surface area contributed by atoms with E-state index in [9.17, 15) is 18.0 Å². The van der Waals surface area contributed by atoms with Crippen LogP contribution in [0.1, 0.15) is 38.5 Å². The molecule has 0 unspecified atom stereocenters. The highest BCUT2D eigenvalue weighted by molar-refractivity contribution is 5.75. The molecule has 0 aromatic carbocycles. The number of hydrogen-bond acceptors (Lipinski definition) is 4. The minimum Gasteiger partial charge on any atom is -0.381 e. The SMILES string of the molecule is O=C(CCC(F)(F)F)NC[C@H]1[C@H]2CN(C3CCOCC3)C[C@]23CC[C@H]1O3. The molecule has 0 radical (unpaired) electrons. The molecule has 4 saturated heterocycles. The number of halogens is 3. The quantitative estimate of drug-likeness (QED) is 0.799. The third-order valence-corrected chi connectivity index (χ3v) is 6.69. The molecule has 26 heavy (non-hydrogen) atoms. The van der Waals surface area contributed by atoms with Gasteiger partial charge in [0.2, 0.25) is 5.91 Å². The topological polar surface area (TPSA) is 50.8 Å². The Hall–Kier alpha value is -0.860. The second-order valence-corrected chi connectivity index (χ2v) is 8.22. The van der Waals surface area contributed by atoms with Gasteiger partial charge in [-0.25, -0.2) is 0 Å². The van der Waals surface area contributed by atoms with E-state index in [1.807, 2.05) is 0 Å². The molecule has 5 nitrogen and oxygen atoms in total. The summed E-state index contributed by atoms with van der Waals surface area (Å²) in [5.74, 6) is 0.0638. The molecule has 0 aliphatic carbocycles. The van der Waals surface area contributed by atoms with Crippen LogP contribution < -0.4 is 5.32 Å². The average molecular weight is 376 g/mol. The van der Waals surface area contributed by atoms with E-state index < -0.39 is 24.9 Å². The second kappa shape index (κ2) is 6.95. The van der Waals surface area contributed by atoms with Gasteiger partial charge in [-0.15, -0.1) is 0 Å². The number of carbonyl (C=O) groups is 1. The molecule has 1 N–H and O–H groups in total. The van der Waals surface area contributed by atoms with E-state index in [0.29, 0.717) is 18.5 Å². The molecule has 0 aromatic rings. The second-order valence-electron chi connectivity index (χ2n) is 8.22. The molecule has 0 aromatic heterocycles. The predicted molar refractivity (Wildman–Crippen MR) is 87.5 cm³/mol. The molecule has 4 rings (SSSR count). The summed E-state index contributed by atoms with van der Waals surface area (Å²) in [6, 6.07) is 0.536. The standard InChI is InChI=1S/C18H27F3N2O3/c19-18(20,21)6-2-16(24)22-9-13-14-10-23(12-3-7-25-8-4-12)11-17(14)5-1-15(13)26-17/h12-15H,1-11H2,(H,22,24)/t13-,14+,15+,17+/m0/s1. The van der Waals surface area contributed by atoms with Crippen LogP contribution in [0.5, 0.6) is 0 Å². The molecule has 8 heteroatoms. The van der Waals surface area contributed by atoms with Gasteiger partial charge in [0.05, 0.1) is 18.1 Å². The van der Waals surface area contributed by atoms with Gasteiger partial charge in [0.1, 0.15) is 0 Å². The lowest BCUT2D eigenvalue weighted by Crippen LogP contribution is -2.42. The number of hydrogen-bond donors (Lipinski definition) is 1. The number of carbonyl (C=O) groups excluding carboxylic acids is 1. The van der Waals surface area contributed by atoms with E-state index in [4.69, 9.17) is 9.47 Å². The first-order valence-electron chi connectivity index (χ1n) is 9.69. The monoisotopic (exact) mass is 376 g/mol. The summed E-state index contributed by atoms with van der Waals surface area (Å²) in [5.41, 5.74) is -0.107. The summed E-state index contributed by atoms with van der Waals surface area (Å²) in [4.78, 5) is 14.3. The van der Waals surface area contributed by atoms with Gasteiger partial charge in [0.25, 0.3) is 0 Å². The van der Waals surface area contributed by atoms with Crippen molar-refractivity contribution in [1.82, 2.24) is 10.2 Å². The summed E-state index contributed by atoms with van der Waals surface area (Å²) in [6.45, 7) is 3.94. The Labute approximate surface area is 151 Å². The van der Waals surface area contributed by atoms with Crippen LogP contribution in [0.25, 0.3) is 0 Å². The van der Waals surface area contributed by atoms with Gasteiger partial charge in [-0.05, 0) is 25.7 Å². The number of rotatable bonds is 5. The first kappa shape index (κ1) is 18.5. The van der Waals surface area contributed by atoms with E-state index in [1.54, 1.807) is 0 Å². The lowest BCUT2D eigenvalue weighted by molar-refractivity contribution is -0.144. The van der Waals surface area contributed by atoms with Crippen LogP contribution in [0.15, 0.2) is 0 Å². The van der Waals surface area contributed by atoms with Crippen molar-refractivity contribution in [2.24, 2.45) is 11.8 Å². The van der Waals surface area contributed by atoms with E-state index in [-0.39, 0.29) is 17.6 Å². The Morgan fingerprint density at radius 3 is 2.73 bits per heavy atom. The Kier molecular flexibility index (Phi) is 4.94. The molecule has 148 valence electrons. The molecule has 4 heterocycles. The summed E-state index contributed by atoms with van der Waals surface area (Å²) < 4.78 is 48.6. The Balaban J connectivity index is 1.33. The highest BCUT2D eigenvalue weighted by Gasteiger charge is 2.63. The van der Waals surface area contributed by atoms with Crippen LogP contribution in [0.2, 0.25) is 0 Å². The lowest BCUT2D eigenvalue weighted by Gasteiger charge is -2.32. The molecule has 4 fully saturated rings. The maximum Gasteiger partial charge on any atom is 0.389 e. The average Bonchev–Trinajstić information content (AvgIpc) is 3.26. The smallest absolute Gasteiger partial charge is 0.381 e. The maximum absolute atomic E-state index is 12.3. The van der Waals surface area contributed by atoms with Crippen molar-refractivity contribution in [1.29, 1.82) is 0 Å². The van der Waals surface area contributed by atoms with Gasteiger partial charge in [-0.3, -0.25) is 9.69 Å². The van der Waals surface area contributed by atoms with Crippen molar-refractivity contribution in [3.05, 3.63) is 0 Å². The van der Waals surface area contributed by atoms with Gasteiger partial charge in [-0.2, -0.15) is 13.2 Å². The third kappa shape index (κ3) is 3.60. The Morgan fingerprint density at radius 1 is 1.23 bits per heavy atom. The minimum atomic E-state index is -4.29. The molecule has 2 bridgehead atoms. The van der Waals surface area contributed by atoms with Gasteiger partial charge in [-0.1, -0.05) is 0 Å². The van der Waals surface area contributed by atoms with Crippen LogP contribution in [-0.2, 0) is 14.3 Å². The van der Waals surface area contributed by atoms with Gasteiger partial charge in [0, 0.05) is 57.1 Å². The van der Waals surface area contributed by atoms with E-state index in [1.165, 1.54) is 0 Å². The molecular weight excluding hydrogens is 349 g/mol. The lowest BCUT2D eigenvalue weighted by atomic mass is 9.73. The van der Waals surface area contributed by atoms with Gasteiger partial charge < -0.3 is 14.8 Å². The normalized spacial score (nSPS) is 37.9. The number of alkyl halides is 3. The van der Waals surface area contributed by atoms with E-state index >= 15 is 0 Å². The first-order valence-corrected chi connectivity index (χ1v) is 9.69. The first-order chi connectivity index (χ1) is 12.4. The highest BCUT2D eigenvalue weighted by atomic mass is 19.4. The van der Waals surface area contributed by atoms with Crippen LogP contribution >= 0.6 is 0 Å². The summed E-state index contributed by atoms with van der Waals surface area (Å²) >= 11 is 0. The van der Waals surface area contributed by atoms with Gasteiger partial charge >= 0.3 is 6.18 Å². The van der Waals surface area contributed by atoms with E-state index in [2.05, 4.69) is 10.2 Å². The molecule has 1 amide bonds. The van der Waals surface area contributed by atoms with Crippen molar-refractivity contribution in [3.8, 4) is 0 Å². The van der Waals surface area contributed by atoms with E-state index in [0.717, 1.165) is 52.0 Å². The molecule has 0 saturated carbocycles. The third-order valence-electron chi connectivity index (χ3n) is 6.69. The fraction of sp³-hybridized carbons (Fsp3) is 0.944. The van der Waals surface area contributed by atoms with Crippen molar-refractivity contribution in [2.75, 3.05) is 32.8 Å². The maximum atomic E-state index is 12.3. The summed E-state index contributed by atoms with van der Waals surface area (Å²) in [7, 11) is 0.